The van der Waals surface area contributed by atoms with Crippen LogP contribution in [0.5, 0.6) is 0 Å². The van der Waals surface area contributed by atoms with E-state index in [0.717, 1.165) is 12.8 Å². The molecule has 0 aromatic carbocycles. The van der Waals surface area contributed by atoms with E-state index in [-0.39, 0.29) is 11.8 Å². The highest BCUT2D eigenvalue weighted by atomic mass is 35.5. The summed E-state index contributed by atoms with van der Waals surface area (Å²) in [6.45, 7) is 4.09. The molecule has 0 aromatic heterocycles. The zero-order valence-corrected chi connectivity index (χ0v) is 8.50. The number of hydrogen-bond donors (Lipinski definition) is 0. The Hall–Kier alpha value is 0.150. The number of alkyl halides is 3. The molecule has 0 amide bonds. The van der Waals surface area contributed by atoms with Crippen molar-refractivity contribution in [3.8, 4) is 0 Å². The van der Waals surface area contributed by atoms with E-state index in [2.05, 4.69) is 0 Å². The minimum atomic E-state index is -2.17. The molecule has 0 saturated carbocycles. The van der Waals surface area contributed by atoms with Crippen molar-refractivity contribution in [1.82, 2.24) is 0 Å². The Balaban J connectivity index is 3.58. The fourth-order valence-corrected chi connectivity index (χ4v) is 1.34. The molecule has 0 bridgehead atoms. The lowest BCUT2D eigenvalue weighted by atomic mass is 9.84. The highest BCUT2D eigenvalue weighted by Gasteiger charge is 2.20. The zero-order valence-electron chi connectivity index (χ0n) is 7.75. The van der Waals surface area contributed by atoms with Crippen molar-refractivity contribution < 1.29 is 8.78 Å². The summed E-state index contributed by atoms with van der Waals surface area (Å²) >= 11 is 5.74. The third kappa shape index (κ3) is 4.91. The normalized spacial score (nSPS) is 16.5. The quantitative estimate of drug-likeness (QED) is 0.565. The van der Waals surface area contributed by atoms with E-state index in [0.29, 0.717) is 12.3 Å². The van der Waals surface area contributed by atoms with Gasteiger partial charge in [0.05, 0.1) is 0 Å². The SMILES string of the molecule is CCC(C)(CCl)CCCC(F)F. The highest BCUT2D eigenvalue weighted by molar-refractivity contribution is 6.18. The van der Waals surface area contributed by atoms with Crippen molar-refractivity contribution in [2.45, 2.75) is 46.0 Å². The molecule has 0 aliphatic heterocycles. The Kier molecular flexibility index (Phi) is 5.81. The summed E-state index contributed by atoms with van der Waals surface area (Å²) in [7, 11) is 0. The number of halogens is 3. The average Bonchev–Trinajstić information content (AvgIpc) is 2.03. The Bertz CT molecular complexity index is 111. The van der Waals surface area contributed by atoms with Gasteiger partial charge in [0.25, 0.3) is 0 Å². The Morgan fingerprint density at radius 3 is 2.33 bits per heavy atom. The molecule has 0 fully saturated rings. The number of rotatable bonds is 6. The predicted octanol–water partition coefficient (Wildman–Crippen LogP) is 4.08. The third-order valence-corrected chi connectivity index (χ3v) is 3.02. The number of hydrogen-bond acceptors (Lipinski definition) is 0. The Morgan fingerprint density at radius 2 is 2.00 bits per heavy atom. The first-order chi connectivity index (χ1) is 5.54. The van der Waals surface area contributed by atoms with Crippen LogP contribution in [-0.2, 0) is 0 Å². The maximum atomic E-state index is 11.8. The van der Waals surface area contributed by atoms with Crippen LogP contribution < -0.4 is 0 Å². The minimum absolute atomic E-state index is 0.00643. The van der Waals surface area contributed by atoms with Gasteiger partial charge in [-0.05, 0) is 24.7 Å². The standard InChI is InChI=1S/C9H17ClF2/c1-3-9(2,7-10)6-4-5-8(11)12/h8H,3-7H2,1-2H3. The van der Waals surface area contributed by atoms with Crippen LogP contribution in [0.3, 0.4) is 0 Å². The molecule has 0 aromatic rings. The molecule has 0 N–H and O–H groups in total. The lowest BCUT2D eigenvalue weighted by molar-refractivity contribution is 0.128. The second-order valence-electron chi connectivity index (χ2n) is 3.58. The Morgan fingerprint density at radius 1 is 1.42 bits per heavy atom. The summed E-state index contributed by atoms with van der Waals surface area (Å²) in [5.74, 6) is 0.562. The molecule has 0 aliphatic rings. The lowest BCUT2D eigenvalue weighted by Gasteiger charge is -2.25. The van der Waals surface area contributed by atoms with Gasteiger partial charge in [0, 0.05) is 12.3 Å². The van der Waals surface area contributed by atoms with E-state index < -0.39 is 6.43 Å². The monoisotopic (exact) mass is 198 g/mol. The van der Waals surface area contributed by atoms with Gasteiger partial charge in [0.2, 0.25) is 6.43 Å². The molecule has 12 heavy (non-hydrogen) atoms. The van der Waals surface area contributed by atoms with Crippen LogP contribution in [0.4, 0.5) is 8.78 Å². The van der Waals surface area contributed by atoms with E-state index >= 15 is 0 Å². The smallest absolute Gasteiger partial charge is 0.211 e. The lowest BCUT2D eigenvalue weighted by Crippen LogP contribution is -2.17. The summed E-state index contributed by atoms with van der Waals surface area (Å²) in [6.07, 6.45) is 0.180. The molecular weight excluding hydrogens is 182 g/mol. The van der Waals surface area contributed by atoms with Crippen LogP contribution >= 0.6 is 11.6 Å². The van der Waals surface area contributed by atoms with Crippen LogP contribution in [0.2, 0.25) is 0 Å². The Labute approximate surface area is 78.3 Å². The molecule has 0 nitrogen and oxygen atoms in total. The second-order valence-corrected chi connectivity index (χ2v) is 3.85. The van der Waals surface area contributed by atoms with Gasteiger partial charge in [-0.1, -0.05) is 13.8 Å². The van der Waals surface area contributed by atoms with Crippen molar-refractivity contribution in [1.29, 1.82) is 0 Å². The van der Waals surface area contributed by atoms with Gasteiger partial charge < -0.3 is 0 Å². The molecule has 0 spiro atoms. The predicted molar refractivity (Wildman–Crippen MR) is 49.0 cm³/mol. The van der Waals surface area contributed by atoms with E-state index in [4.69, 9.17) is 11.6 Å². The van der Waals surface area contributed by atoms with Crippen molar-refractivity contribution in [2.75, 3.05) is 5.88 Å². The van der Waals surface area contributed by atoms with E-state index in [1.165, 1.54) is 0 Å². The van der Waals surface area contributed by atoms with Crippen LogP contribution in [0, 0.1) is 5.41 Å². The fraction of sp³-hybridized carbons (Fsp3) is 1.00. The average molecular weight is 199 g/mol. The molecule has 0 heterocycles. The molecule has 74 valence electrons. The van der Waals surface area contributed by atoms with Crippen LogP contribution in [0.1, 0.15) is 39.5 Å². The van der Waals surface area contributed by atoms with Gasteiger partial charge in [-0.25, -0.2) is 8.78 Å². The maximum absolute atomic E-state index is 11.8. The molecule has 1 atom stereocenters. The van der Waals surface area contributed by atoms with E-state index in [1.54, 1.807) is 0 Å². The molecule has 3 heteroatoms. The van der Waals surface area contributed by atoms with Crippen molar-refractivity contribution in [2.24, 2.45) is 5.41 Å². The molecule has 0 aliphatic carbocycles. The van der Waals surface area contributed by atoms with Crippen LogP contribution in [0.15, 0.2) is 0 Å². The van der Waals surface area contributed by atoms with Gasteiger partial charge in [-0.3, -0.25) is 0 Å². The summed E-state index contributed by atoms with van der Waals surface area (Å²) in [4.78, 5) is 0. The first-order valence-corrected chi connectivity index (χ1v) is 4.91. The molecular formula is C9H17ClF2. The van der Waals surface area contributed by atoms with E-state index in [9.17, 15) is 8.78 Å². The first-order valence-electron chi connectivity index (χ1n) is 4.38. The van der Waals surface area contributed by atoms with Gasteiger partial charge in [-0.2, -0.15) is 0 Å². The van der Waals surface area contributed by atoms with Crippen LogP contribution in [-0.4, -0.2) is 12.3 Å². The maximum Gasteiger partial charge on any atom is 0.238 e. The van der Waals surface area contributed by atoms with Crippen LogP contribution in [0.25, 0.3) is 0 Å². The minimum Gasteiger partial charge on any atom is -0.211 e. The summed E-state index contributed by atoms with van der Waals surface area (Å²) < 4.78 is 23.6. The van der Waals surface area contributed by atoms with Gasteiger partial charge in [0.15, 0.2) is 0 Å². The fourth-order valence-electron chi connectivity index (χ4n) is 1.02. The largest absolute Gasteiger partial charge is 0.238 e. The third-order valence-electron chi connectivity index (χ3n) is 2.38. The topological polar surface area (TPSA) is 0 Å². The van der Waals surface area contributed by atoms with E-state index in [1.807, 2.05) is 13.8 Å². The summed E-state index contributed by atoms with van der Waals surface area (Å²) in [5, 5.41) is 0. The van der Waals surface area contributed by atoms with Gasteiger partial charge in [-0.15, -0.1) is 11.6 Å². The van der Waals surface area contributed by atoms with Gasteiger partial charge in [0.1, 0.15) is 0 Å². The molecule has 0 radical (unpaired) electrons. The molecule has 1 unspecified atom stereocenters. The summed E-state index contributed by atoms with van der Waals surface area (Å²) in [5.41, 5.74) is 0.0520. The van der Waals surface area contributed by atoms with Crippen molar-refractivity contribution in [3.63, 3.8) is 0 Å². The summed E-state index contributed by atoms with van der Waals surface area (Å²) in [6, 6.07) is 0. The molecule has 0 rings (SSSR count). The molecule has 0 saturated heterocycles. The van der Waals surface area contributed by atoms with Gasteiger partial charge >= 0.3 is 0 Å². The van der Waals surface area contributed by atoms with Crippen molar-refractivity contribution in [3.05, 3.63) is 0 Å². The zero-order chi connectivity index (χ0) is 9.61. The highest BCUT2D eigenvalue weighted by Crippen LogP contribution is 2.29. The second kappa shape index (κ2) is 5.74. The van der Waals surface area contributed by atoms with Crippen molar-refractivity contribution >= 4 is 11.6 Å². The first kappa shape index (κ1) is 12.2.